The summed E-state index contributed by atoms with van der Waals surface area (Å²) in [4.78, 5) is 23.1. The molecule has 0 aromatic carbocycles. The zero-order valence-corrected chi connectivity index (χ0v) is 12.9. The zero-order chi connectivity index (χ0) is 16.3. The molecule has 1 saturated heterocycles. The number of aromatic nitrogens is 1. The summed E-state index contributed by atoms with van der Waals surface area (Å²) in [6.07, 6.45) is 0.591. The molecule has 1 fully saturated rings. The molecule has 2 heterocycles. The SMILES string of the molecule is Cc1ccc(NS(=O)(=O)CC2CCCCO2)c(=O)n1C(=O)O. The fourth-order valence-corrected chi connectivity index (χ4v) is 3.66. The largest absolute Gasteiger partial charge is 0.464 e. The normalized spacial score (nSPS) is 18.9. The molecule has 0 bridgehead atoms. The Balaban J connectivity index is 2.21. The Morgan fingerprint density at radius 1 is 1.45 bits per heavy atom. The van der Waals surface area contributed by atoms with Crippen LogP contribution in [0, 0.1) is 6.92 Å². The van der Waals surface area contributed by atoms with Crippen molar-refractivity contribution in [3.8, 4) is 0 Å². The average Bonchev–Trinajstić information content (AvgIpc) is 2.42. The molecule has 1 aliphatic heterocycles. The van der Waals surface area contributed by atoms with Gasteiger partial charge in [-0.3, -0.25) is 9.52 Å². The van der Waals surface area contributed by atoms with Crippen molar-refractivity contribution in [2.45, 2.75) is 32.3 Å². The molecule has 0 amide bonds. The number of hydrogen-bond acceptors (Lipinski definition) is 5. The number of nitrogens with one attached hydrogen (secondary N) is 1. The Morgan fingerprint density at radius 2 is 2.18 bits per heavy atom. The summed E-state index contributed by atoms with van der Waals surface area (Å²) >= 11 is 0. The lowest BCUT2D eigenvalue weighted by Gasteiger charge is -2.22. The van der Waals surface area contributed by atoms with Gasteiger partial charge in [-0.1, -0.05) is 0 Å². The molecular formula is C13H18N2O6S. The van der Waals surface area contributed by atoms with Gasteiger partial charge in [0, 0.05) is 12.3 Å². The van der Waals surface area contributed by atoms with Crippen molar-refractivity contribution in [2.75, 3.05) is 17.1 Å². The minimum Gasteiger partial charge on any atom is -0.464 e. The van der Waals surface area contributed by atoms with Crippen molar-refractivity contribution < 1.29 is 23.1 Å². The Labute approximate surface area is 127 Å². The summed E-state index contributed by atoms with van der Waals surface area (Å²) in [5.41, 5.74) is -1.000. The Morgan fingerprint density at radius 3 is 2.77 bits per heavy atom. The van der Waals surface area contributed by atoms with E-state index in [0.717, 1.165) is 12.8 Å². The maximum Gasteiger partial charge on any atom is 0.418 e. The number of carboxylic acid groups (broad SMARTS) is 1. The molecular weight excluding hydrogens is 312 g/mol. The number of pyridine rings is 1. The third-order valence-electron chi connectivity index (χ3n) is 3.41. The molecule has 1 aromatic heterocycles. The number of sulfonamides is 1. The van der Waals surface area contributed by atoms with Crippen LogP contribution in [-0.2, 0) is 14.8 Å². The fraction of sp³-hybridized carbons (Fsp3) is 0.538. The van der Waals surface area contributed by atoms with Gasteiger partial charge in [-0.25, -0.2) is 17.8 Å². The minimum absolute atomic E-state index is 0.205. The highest BCUT2D eigenvalue weighted by Crippen LogP contribution is 2.15. The van der Waals surface area contributed by atoms with Gasteiger partial charge in [0.05, 0.1) is 11.9 Å². The van der Waals surface area contributed by atoms with Crippen LogP contribution in [0.4, 0.5) is 10.5 Å². The van der Waals surface area contributed by atoms with Crippen LogP contribution in [0.3, 0.4) is 0 Å². The molecule has 8 nitrogen and oxygen atoms in total. The van der Waals surface area contributed by atoms with Crippen LogP contribution in [-0.4, -0.2) is 42.6 Å². The molecule has 22 heavy (non-hydrogen) atoms. The van der Waals surface area contributed by atoms with E-state index in [9.17, 15) is 18.0 Å². The van der Waals surface area contributed by atoms with Crippen LogP contribution in [0.25, 0.3) is 0 Å². The minimum atomic E-state index is -3.79. The van der Waals surface area contributed by atoms with Crippen molar-refractivity contribution in [1.29, 1.82) is 0 Å². The Kier molecular flexibility index (Phi) is 4.87. The number of anilines is 1. The van der Waals surface area contributed by atoms with Gasteiger partial charge in [-0.05, 0) is 38.3 Å². The molecule has 0 aliphatic carbocycles. The molecule has 9 heteroatoms. The van der Waals surface area contributed by atoms with Crippen molar-refractivity contribution in [1.82, 2.24) is 4.57 Å². The van der Waals surface area contributed by atoms with Gasteiger partial charge in [0.25, 0.3) is 5.56 Å². The number of nitrogens with zero attached hydrogens (tertiary/aromatic N) is 1. The molecule has 0 radical (unpaired) electrons. The third-order valence-corrected chi connectivity index (χ3v) is 4.75. The van der Waals surface area contributed by atoms with Gasteiger partial charge in [-0.2, -0.15) is 0 Å². The molecule has 2 rings (SSSR count). The lowest BCUT2D eigenvalue weighted by molar-refractivity contribution is 0.0306. The predicted molar refractivity (Wildman–Crippen MR) is 79.9 cm³/mol. The van der Waals surface area contributed by atoms with Crippen LogP contribution < -0.4 is 10.3 Å². The number of carbonyl (C=O) groups is 1. The maximum atomic E-state index is 12.1. The van der Waals surface area contributed by atoms with Crippen LogP contribution >= 0.6 is 0 Å². The van der Waals surface area contributed by atoms with Gasteiger partial charge in [-0.15, -0.1) is 0 Å². The van der Waals surface area contributed by atoms with E-state index in [-0.39, 0.29) is 17.1 Å². The van der Waals surface area contributed by atoms with Gasteiger partial charge < -0.3 is 9.84 Å². The number of hydrogen-bond donors (Lipinski definition) is 2. The first-order valence-corrected chi connectivity index (χ1v) is 8.53. The first-order chi connectivity index (χ1) is 10.3. The van der Waals surface area contributed by atoms with Crippen molar-refractivity contribution in [3.63, 3.8) is 0 Å². The second-order valence-corrected chi connectivity index (χ2v) is 6.95. The van der Waals surface area contributed by atoms with Gasteiger partial charge >= 0.3 is 6.09 Å². The molecule has 1 atom stereocenters. The van der Waals surface area contributed by atoms with Crippen LogP contribution in [0.5, 0.6) is 0 Å². The van der Waals surface area contributed by atoms with Crippen LogP contribution in [0.2, 0.25) is 0 Å². The van der Waals surface area contributed by atoms with E-state index in [4.69, 9.17) is 9.84 Å². The lowest BCUT2D eigenvalue weighted by Crippen LogP contribution is -2.34. The number of rotatable bonds is 4. The first-order valence-electron chi connectivity index (χ1n) is 6.88. The Hall–Kier alpha value is -1.87. The zero-order valence-electron chi connectivity index (χ0n) is 12.1. The highest BCUT2D eigenvalue weighted by molar-refractivity contribution is 7.92. The average molecular weight is 330 g/mol. The summed E-state index contributed by atoms with van der Waals surface area (Å²) in [6.45, 7) is 1.97. The maximum absolute atomic E-state index is 12.1. The van der Waals surface area contributed by atoms with E-state index in [1.165, 1.54) is 19.1 Å². The first kappa shape index (κ1) is 16.5. The topological polar surface area (TPSA) is 115 Å². The highest BCUT2D eigenvalue weighted by atomic mass is 32.2. The summed E-state index contributed by atoms with van der Waals surface area (Å²) in [5, 5.41) is 9.00. The van der Waals surface area contributed by atoms with E-state index in [2.05, 4.69) is 4.72 Å². The monoisotopic (exact) mass is 330 g/mol. The quantitative estimate of drug-likeness (QED) is 0.851. The van der Waals surface area contributed by atoms with E-state index in [1.54, 1.807) is 0 Å². The molecule has 1 aromatic rings. The molecule has 1 aliphatic rings. The summed E-state index contributed by atoms with van der Waals surface area (Å²) in [7, 11) is -3.79. The molecule has 2 N–H and O–H groups in total. The lowest BCUT2D eigenvalue weighted by atomic mass is 10.1. The van der Waals surface area contributed by atoms with Gasteiger partial charge in [0.2, 0.25) is 10.0 Å². The van der Waals surface area contributed by atoms with E-state index >= 15 is 0 Å². The van der Waals surface area contributed by atoms with Crippen LogP contribution in [0.1, 0.15) is 25.0 Å². The molecule has 0 spiro atoms. The summed E-state index contributed by atoms with van der Waals surface area (Å²) < 4.78 is 32.2. The number of ether oxygens (including phenoxy) is 1. The van der Waals surface area contributed by atoms with E-state index in [0.29, 0.717) is 17.6 Å². The molecule has 1 unspecified atom stereocenters. The van der Waals surface area contributed by atoms with Crippen molar-refractivity contribution in [2.24, 2.45) is 0 Å². The third kappa shape index (κ3) is 3.86. The van der Waals surface area contributed by atoms with Crippen LogP contribution in [0.15, 0.2) is 16.9 Å². The molecule has 122 valence electrons. The van der Waals surface area contributed by atoms with Gasteiger partial charge in [0.1, 0.15) is 5.69 Å². The second-order valence-electron chi connectivity index (χ2n) is 5.18. The highest BCUT2D eigenvalue weighted by Gasteiger charge is 2.23. The van der Waals surface area contributed by atoms with Crippen molar-refractivity contribution >= 4 is 21.8 Å². The van der Waals surface area contributed by atoms with Gasteiger partial charge in [0.15, 0.2) is 0 Å². The predicted octanol–water partition coefficient (Wildman–Crippen LogP) is 0.994. The van der Waals surface area contributed by atoms with E-state index < -0.39 is 27.8 Å². The molecule has 0 saturated carbocycles. The van der Waals surface area contributed by atoms with E-state index in [1.807, 2.05) is 0 Å². The smallest absolute Gasteiger partial charge is 0.418 e. The summed E-state index contributed by atoms with van der Waals surface area (Å²) in [5.74, 6) is -0.257. The Bertz CT molecular complexity index is 719. The fourth-order valence-electron chi connectivity index (χ4n) is 2.34. The summed E-state index contributed by atoms with van der Waals surface area (Å²) in [6, 6.07) is 2.63. The van der Waals surface area contributed by atoms with Crippen molar-refractivity contribution in [3.05, 3.63) is 28.2 Å². The standard InChI is InChI=1S/C13H18N2O6S/c1-9-5-6-11(12(16)15(9)13(17)18)14-22(19,20)8-10-4-2-3-7-21-10/h5-6,10,14H,2-4,7-8H2,1H3,(H,17,18). The second kappa shape index (κ2) is 6.49. The number of aryl methyl sites for hydroxylation is 1.